The molecule has 0 radical (unpaired) electrons. The van der Waals surface area contributed by atoms with Crippen LogP contribution in [0.15, 0.2) is 18.2 Å². The molecule has 26 heavy (non-hydrogen) atoms. The van der Waals surface area contributed by atoms with Gasteiger partial charge in [-0.2, -0.15) is 0 Å². The van der Waals surface area contributed by atoms with Crippen LogP contribution < -0.4 is 20.5 Å². The van der Waals surface area contributed by atoms with Gasteiger partial charge in [-0.15, -0.1) is 0 Å². The third kappa shape index (κ3) is 4.37. The van der Waals surface area contributed by atoms with Gasteiger partial charge in [0.2, 0.25) is 5.91 Å². The Morgan fingerprint density at radius 1 is 1.27 bits per heavy atom. The summed E-state index contributed by atoms with van der Waals surface area (Å²) in [7, 11) is 3.13. The Kier molecular flexibility index (Phi) is 5.97. The maximum Gasteiger partial charge on any atom is 0.408 e. The molecule has 1 aliphatic rings. The van der Waals surface area contributed by atoms with Crippen LogP contribution in [0.1, 0.15) is 26.3 Å². The molecule has 2 rings (SSSR count). The summed E-state index contributed by atoms with van der Waals surface area (Å²) in [4.78, 5) is 26.0. The SMILES string of the molecule is COc1ccc(CN2C(=O)C(NC(=O)OC(C)(C)C)C2CN)c(OC)c1. The lowest BCUT2D eigenvalue weighted by molar-refractivity contribution is -0.151. The summed E-state index contributed by atoms with van der Waals surface area (Å²) in [5.74, 6) is 1.08. The maximum atomic E-state index is 12.5. The standard InChI is InChI=1S/C18H27N3O5/c1-18(2,3)26-17(23)20-15-13(9-19)21(16(15)22)10-11-6-7-12(24-4)8-14(11)25-5/h6-8,13,15H,9-10,19H2,1-5H3,(H,20,23). The van der Waals surface area contributed by atoms with Crippen LogP contribution in [0.4, 0.5) is 4.79 Å². The second-order valence-corrected chi connectivity index (χ2v) is 7.07. The number of carbonyl (C=O) groups excluding carboxylic acids is 2. The second-order valence-electron chi connectivity index (χ2n) is 7.07. The zero-order valence-electron chi connectivity index (χ0n) is 15.9. The Hall–Kier alpha value is -2.48. The minimum atomic E-state index is -0.681. The van der Waals surface area contributed by atoms with Crippen LogP contribution in [0.3, 0.4) is 0 Å². The molecule has 0 spiro atoms. The molecule has 1 aromatic rings. The molecule has 1 aromatic carbocycles. The predicted octanol–water partition coefficient (Wildman–Crippen LogP) is 1.27. The molecule has 1 heterocycles. The summed E-state index contributed by atoms with van der Waals surface area (Å²) < 4.78 is 15.8. The number of hydrogen-bond donors (Lipinski definition) is 2. The lowest BCUT2D eigenvalue weighted by atomic mass is 9.94. The van der Waals surface area contributed by atoms with Crippen LogP contribution in [-0.2, 0) is 16.1 Å². The zero-order chi connectivity index (χ0) is 19.5. The fourth-order valence-corrected chi connectivity index (χ4v) is 2.82. The summed E-state index contributed by atoms with van der Waals surface area (Å²) in [6.07, 6.45) is -0.629. The molecule has 1 aliphatic heterocycles. The number of hydrogen-bond acceptors (Lipinski definition) is 6. The van der Waals surface area contributed by atoms with E-state index in [2.05, 4.69) is 5.32 Å². The van der Waals surface area contributed by atoms with Crippen molar-refractivity contribution >= 4 is 12.0 Å². The summed E-state index contributed by atoms with van der Waals surface area (Å²) in [6, 6.07) is 4.41. The lowest BCUT2D eigenvalue weighted by Crippen LogP contribution is -2.72. The quantitative estimate of drug-likeness (QED) is 0.736. The largest absolute Gasteiger partial charge is 0.497 e. The predicted molar refractivity (Wildman–Crippen MR) is 96.1 cm³/mol. The Morgan fingerprint density at radius 3 is 2.50 bits per heavy atom. The molecular formula is C18H27N3O5. The Labute approximate surface area is 153 Å². The average Bonchev–Trinajstić information content (AvgIpc) is 2.58. The molecule has 0 aromatic heterocycles. The molecule has 1 fully saturated rings. The van der Waals surface area contributed by atoms with Crippen molar-refractivity contribution in [3.63, 3.8) is 0 Å². The minimum absolute atomic E-state index is 0.204. The first-order valence-electron chi connectivity index (χ1n) is 8.41. The third-order valence-electron chi connectivity index (χ3n) is 4.08. The molecule has 2 atom stereocenters. The summed E-state index contributed by atoms with van der Waals surface area (Å²) >= 11 is 0. The number of likely N-dealkylation sites (tertiary alicyclic amines) is 1. The highest BCUT2D eigenvalue weighted by atomic mass is 16.6. The average molecular weight is 365 g/mol. The van der Waals surface area contributed by atoms with Crippen molar-refractivity contribution in [2.75, 3.05) is 20.8 Å². The number of amides is 2. The lowest BCUT2D eigenvalue weighted by Gasteiger charge is -2.46. The first-order chi connectivity index (χ1) is 12.2. The second kappa shape index (κ2) is 7.82. The van der Waals surface area contributed by atoms with Gasteiger partial charge in [-0.1, -0.05) is 0 Å². The van der Waals surface area contributed by atoms with Gasteiger partial charge in [-0.25, -0.2) is 4.79 Å². The van der Waals surface area contributed by atoms with Gasteiger partial charge in [-0.3, -0.25) is 4.79 Å². The molecule has 0 bridgehead atoms. The summed E-state index contributed by atoms with van der Waals surface area (Å²) in [5.41, 5.74) is 6.01. The van der Waals surface area contributed by atoms with Gasteiger partial charge in [-0.05, 0) is 32.9 Å². The van der Waals surface area contributed by atoms with E-state index < -0.39 is 17.7 Å². The molecule has 3 N–H and O–H groups in total. The Balaban J connectivity index is 2.06. The molecule has 144 valence electrons. The van der Waals surface area contributed by atoms with E-state index in [1.165, 1.54) is 0 Å². The van der Waals surface area contributed by atoms with Gasteiger partial charge in [0.05, 0.1) is 20.3 Å². The van der Waals surface area contributed by atoms with Gasteiger partial charge in [0, 0.05) is 24.7 Å². The molecule has 1 saturated heterocycles. The van der Waals surface area contributed by atoms with Crippen LogP contribution in [0.25, 0.3) is 0 Å². The number of nitrogens with zero attached hydrogens (tertiary/aromatic N) is 1. The molecule has 2 amide bonds. The monoisotopic (exact) mass is 365 g/mol. The van der Waals surface area contributed by atoms with E-state index in [1.54, 1.807) is 52.0 Å². The van der Waals surface area contributed by atoms with Crippen molar-refractivity contribution in [2.24, 2.45) is 5.73 Å². The van der Waals surface area contributed by atoms with Crippen LogP contribution in [0.5, 0.6) is 11.5 Å². The number of rotatable bonds is 6. The number of benzene rings is 1. The van der Waals surface area contributed by atoms with E-state index in [0.717, 1.165) is 5.56 Å². The fraction of sp³-hybridized carbons (Fsp3) is 0.556. The van der Waals surface area contributed by atoms with E-state index in [1.807, 2.05) is 6.07 Å². The van der Waals surface area contributed by atoms with Gasteiger partial charge in [0.1, 0.15) is 23.1 Å². The highest BCUT2D eigenvalue weighted by Crippen LogP contribution is 2.29. The van der Waals surface area contributed by atoms with E-state index in [4.69, 9.17) is 19.9 Å². The molecule has 0 saturated carbocycles. The number of alkyl carbamates (subject to hydrolysis) is 1. The first kappa shape index (κ1) is 19.8. The van der Waals surface area contributed by atoms with E-state index in [9.17, 15) is 9.59 Å². The minimum Gasteiger partial charge on any atom is -0.497 e. The van der Waals surface area contributed by atoms with Gasteiger partial charge < -0.3 is 30.2 Å². The van der Waals surface area contributed by atoms with Crippen molar-refractivity contribution in [3.8, 4) is 11.5 Å². The Morgan fingerprint density at radius 2 is 1.96 bits per heavy atom. The number of β-lactam (4-membered cyclic amide) rings is 1. The summed E-state index contributed by atoms with van der Waals surface area (Å²) in [6.45, 7) is 5.85. The van der Waals surface area contributed by atoms with Gasteiger partial charge in [0.15, 0.2) is 0 Å². The van der Waals surface area contributed by atoms with Gasteiger partial charge in [0.25, 0.3) is 0 Å². The zero-order valence-corrected chi connectivity index (χ0v) is 15.9. The van der Waals surface area contributed by atoms with Crippen molar-refractivity contribution in [1.82, 2.24) is 10.2 Å². The number of nitrogens with two attached hydrogens (primary N) is 1. The topological polar surface area (TPSA) is 103 Å². The summed E-state index contributed by atoms with van der Waals surface area (Å²) in [5, 5.41) is 2.60. The van der Waals surface area contributed by atoms with Crippen LogP contribution in [0.2, 0.25) is 0 Å². The maximum absolute atomic E-state index is 12.5. The molecular weight excluding hydrogens is 338 g/mol. The third-order valence-corrected chi connectivity index (χ3v) is 4.08. The molecule has 8 nitrogen and oxygen atoms in total. The smallest absolute Gasteiger partial charge is 0.408 e. The van der Waals surface area contributed by atoms with E-state index in [0.29, 0.717) is 18.0 Å². The highest BCUT2D eigenvalue weighted by molar-refractivity contribution is 5.92. The number of carbonyl (C=O) groups is 2. The first-order valence-corrected chi connectivity index (χ1v) is 8.41. The number of nitrogens with one attached hydrogen (secondary N) is 1. The molecule has 0 aliphatic carbocycles. The molecule has 8 heteroatoms. The van der Waals surface area contributed by atoms with Crippen molar-refractivity contribution in [2.45, 2.75) is 45.0 Å². The van der Waals surface area contributed by atoms with Crippen molar-refractivity contribution in [1.29, 1.82) is 0 Å². The van der Waals surface area contributed by atoms with Crippen LogP contribution in [0, 0.1) is 0 Å². The van der Waals surface area contributed by atoms with E-state index in [-0.39, 0.29) is 18.5 Å². The van der Waals surface area contributed by atoms with Crippen LogP contribution in [-0.4, -0.2) is 55.3 Å². The fourth-order valence-electron chi connectivity index (χ4n) is 2.82. The molecule has 2 unspecified atom stereocenters. The van der Waals surface area contributed by atoms with Crippen molar-refractivity contribution < 1.29 is 23.8 Å². The number of ether oxygens (including phenoxy) is 3. The van der Waals surface area contributed by atoms with Gasteiger partial charge >= 0.3 is 6.09 Å². The number of methoxy groups -OCH3 is 2. The van der Waals surface area contributed by atoms with Crippen molar-refractivity contribution in [3.05, 3.63) is 23.8 Å². The Bertz CT molecular complexity index is 671. The van der Waals surface area contributed by atoms with Crippen LogP contribution >= 0.6 is 0 Å². The highest BCUT2D eigenvalue weighted by Gasteiger charge is 2.47. The normalized spacial score (nSPS) is 19.6. The van der Waals surface area contributed by atoms with E-state index >= 15 is 0 Å².